The van der Waals surface area contributed by atoms with E-state index in [1.54, 1.807) is 12.3 Å². The van der Waals surface area contributed by atoms with Crippen molar-refractivity contribution in [1.29, 1.82) is 0 Å². The Morgan fingerprint density at radius 3 is 3.05 bits per heavy atom. The summed E-state index contributed by atoms with van der Waals surface area (Å²) in [6.07, 6.45) is 5.06. The van der Waals surface area contributed by atoms with Crippen molar-refractivity contribution in [2.75, 3.05) is 13.1 Å². The van der Waals surface area contributed by atoms with Crippen LogP contribution in [0, 0.1) is 5.82 Å². The van der Waals surface area contributed by atoms with E-state index in [0.717, 1.165) is 48.8 Å². The molecule has 4 heteroatoms. The quantitative estimate of drug-likeness (QED) is 0.844. The normalized spacial score (nSPS) is 16.2. The zero-order valence-corrected chi connectivity index (χ0v) is 12.0. The molecule has 1 aliphatic heterocycles. The van der Waals surface area contributed by atoms with Gasteiger partial charge in [0.15, 0.2) is 0 Å². The zero-order chi connectivity index (χ0) is 14.8. The Labute approximate surface area is 123 Å². The molecule has 3 nitrogen and oxygen atoms in total. The van der Waals surface area contributed by atoms with Crippen molar-refractivity contribution < 1.29 is 9.18 Å². The molecule has 2 aromatic rings. The van der Waals surface area contributed by atoms with Crippen LogP contribution in [-0.2, 0) is 11.2 Å². The van der Waals surface area contributed by atoms with Gasteiger partial charge in [0, 0.05) is 30.2 Å². The van der Waals surface area contributed by atoms with Crippen molar-refractivity contribution in [3.05, 3.63) is 47.9 Å². The molecule has 0 atom stereocenters. The number of amides is 1. The summed E-state index contributed by atoms with van der Waals surface area (Å²) in [5.74, 6) is -0.136. The van der Waals surface area contributed by atoms with E-state index >= 15 is 0 Å². The van der Waals surface area contributed by atoms with Gasteiger partial charge in [0.05, 0.1) is 6.42 Å². The number of likely N-dealkylation sites (tertiary alicyclic amines) is 1. The first-order valence-corrected chi connectivity index (χ1v) is 7.33. The second kappa shape index (κ2) is 5.72. The number of rotatable bonds is 2. The van der Waals surface area contributed by atoms with Crippen molar-refractivity contribution in [2.24, 2.45) is 0 Å². The monoisotopic (exact) mass is 286 g/mol. The van der Waals surface area contributed by atoms with Crippen LogP contribution in [0.15, 0.2) is 36.5 Å². The Balaban J connectivity index is 1.75. The second-order valence-corrected chi connectivity index (χ2v) is 5.66. The Morgan fingerprint density at radius 1 is 1.33 bits per heavy atom. The van der Waals surface area contributed by atoms with Gasteiger partial charge in [-0.25, -0.2) is 4.39 Å². The molecule has 1 aromatic heterocycles. The molecule has 0 bridgehead atoms. The van der Waals surface area contributed by atoms with Gasteiger partial charge in [-0.2, -0.15) is 0 Å². The fourth-order valence-corrected chi connectivity index (χ4v) is 2.88. The number of benzene rings is 1. The number of H-pyrrole nitrogens is 1. The fraction of sp³-hybridized carbons (Fsp3) is 0.353. The highest BCUT2D eigenvalue weighted by atomic mass is 19.1. The lowest BCUT2D eigenvalue weighted by Gasteiger charge is -2.20. The van der Waals surface area contributed by atoms with E-state index in [4.69, 9.17) is 0 Å². The number of carbonyl (C=O) groups excluding carboxylic acids is 1. The number of fused-ring (bicyclic) bond motifs is 1. The van der Waals surface area contributed by atoms with Gasteiger partial charge in [0.25, 0.3) is 0 Å². The lowest BCUT2D eigenvalue weighted by Crippen LogP contribution is -2.33. The highest BCUT2D eigenvalue weighted by molar-refractivity contribution is 5.89. The maximum Gasteiger partial charge on any atom is 0.227 e. The van der Waals surface area contributed by atoms with Crippen LogP contribution < -0.4 is 0 Å². The molecule has 2 heterocycles. The van der Waals surface area contributed by atoms with Crippen LogP contribution in [0.4, 0.5) is 4.39 Å². The molecule has 0 saturated carbocycles. The number of aromatic amines is 1. The first-order chi connectivity index (χ1) is 10.1. The number of hydrogen-bond acceptors (Lipinski definition) is 1. The highest BCUT2D eigenvalue weighted by Gasteiger charge is 2.18. The fourth-order valence-electron chi connectivity index (χ4n) is 2.88. The molecule has 0 spiro atoms. The van der Waals surface area contributed by atoms with Crippen molar-refractivity contribution in [2.45, 2.75) is 25.7 Å². The largest absolute Gasteiger partial charge is 0.361 e. The summed E-state index contributed by atoms with van der Waals surface area (Å²) in [5, 5.41) is 0.920. The van der Waals surface area contributed by atoms with Crippen molar-refractivity contribution in [1.82, 2.24) is 9.88 Å². The van der Waals surface area contributed by atoms with Gasteiger partial charge in [-0.3, -0.25) is 4.79 Å². The number of carbonyl (C=O) groups is 1. The summed E-state index contributed by atoms with van der Waals surface area (Å²) in [4.78, 5) is 17.4. The van der Waals surface area contributed by atoms with Crippen LogP contribution in [0.25, 0.3) is 10.9 Å². The van der Waals surface area contributed by atoms with Crippen LogP contribution in [0.3, 0.4) is 0 Å². The van der Waals surface area contributed by atoms with Crippen LogP contribution in [0.1, 0.15) is 24.8 Å². The molecular formula is C17H19FN2O. The molecule has 1 aromatic carbocycles. The molecule has 1 saturated heterocycles. The van der Waals surface area contributed by atoms with E-state index in [2.05, 4.69) is 11.6 Å². The molecule has 0 radical (unpaired) electrons. The minimum Gasteiger partial charge on any atom is -0.361 e. The van der Waals surface area contributed by atoms with Gasteiger partial charge in [-0.15, -0.1) is 0 Å². The third-order valence-electron chi connectivity index (χ3n) is 4.12. The average molecular weight is 286 g/mol. The van der Waals surface area contributed by atoms with Gasteiger partial charge < -0.3 is 9.88 Å². The second-order valence-electron chi connectivity index (χ2n) is 5.66. The van der Waals surface area contributed by atoms with Gasteiger partial charge in [0.1, 0.15) is 5.82 Å². The molecule has 1 amide bonds. The topological polar surface area (TPSA) is 36.1 Å². The predicted octanol–water partition coefficient (Wildman–Crippen LogP) is 3.42. The van der Waals surface area contributed by atoms with Crippen molar-refractivity contribution >= 4 is 16.8 Å². The predicted molar refractivity (Wildman–Crippen MR) is 81.5 cm³/mol. The Bertz CT molecular complexity index is 689. The lowest BCUT2D eigenvalue weighted by atomic mass is 10.1. The van der Waals surface area contributed by atoms with Crippen LogP contribution in [-0.4, -0.2) is 28.9 Å². The van der Waals surface area contributed by atoms with Crippen molar-refractivity contribution in [3.8, 4) is 0 Å². The molecule has 3 rings (SSSR count). The summed E-state index contributed by atoms with van der Waals surface area (Å²) in [6, 6.07) is 4.62. The van der Waals surface area contributed by atoms with E-state index in [0.29, 0.717) is 6.42 Å². The molecule has 1 N–H and O–H groups in total. The van der Waals surface area contributed by atoms with Crippen molar-refractivity contribution in [3.63, 3.8) is 0 Å². The molecule has 110 valence electrons. The van der Waals surface area contributed by atoms with E-state index in [1.165, 1.54) is 17.7 Å². The molecular weight excluding hydrogens is 267 g/mol. The maximum absolute atomic E-state index is 13.2. The molecule has 0 unspecified atom stereocenters. The minimum atomic E-state index is -0.270. The third-order valence-corrected chi connectivity index (χ3v) is 4.12. The molecule has 1 aliphatic rings. The first kappa shape index (κ1) is 13.9. The molecule has 21 heavy (non-hydrogen) atoms. The zero-order valence-electron chi connectivity index (χ0n) is 12.0. The summed E-state index contributed by atoms with van der Waals surface area (Å²) in [6.45, 7) is 5.57. The Hall–Kier alpha value is -2.10. The summed E-state index contributed by atoms with van der Waals surface area (Å²) < 4.78 is 13.2. The number of hydrogen-bond donors (Lipinski definition) is 1. The Morgan fingerprint density at radius 2 is 2.19 bits per heavy atom. The van der Waals surface area contributed by atoms with E-state index in [1.807, 2.05) is 4.90 Å². The average Bonchev–Trinajstić information content (AvgIpc) is 2.70. The number of halogens is 1. The standard InChI is InChI=1S/C17H19FN2O/c1-12-3-2-7-20(8-6-12)17(21)9-13-11-19-16-10-14(18)4-5-15(13)16/h4-5,10-11,19H,1-3,6-9H2. The molecule has 0 aliphatic carbocycles. The third kappa shape index (κ3) is 2.99. The van der Waals surface area contributed by atoms with E-state index in [9.17, 15) is 9.18 Å². The van der Waals surface area contributed by atoms with Gasteiger partial charge >= 0.3 is 0 Å². The first-order valence-electron chi connectivity index (χ1n) is 7.33. The smallest absolute Gasteiger partial charge is 0.227 e. The van der Waals surface area contributed by atoms with Gasteiger partial charge in [-0.05, 0) is 43.0 Å². The summed E-state index contributed by atoms with van der Waals surface area (Å²) in [7, 11) is 0. The van der Waals surface area contributed by atoms with E-state index in [-0.39, 0.29) is 11.7 Å². The van der Waals surface area contributed by atoms with Gasteiger partial charge in [-0.1, -0.05) is 12.2 Å². The minimum absolute atomic E-state index is 0.134. The summed E-state index contributed by atoms with van der Waals surface area (Å²) in [5.41, 5.74) is 2.90. The van der Waals surface area contributed by atoms with Crippen LogP contribution in [0.2, 0.25) is 0 Å². The van der Waals surface area contributed by atoms with Gasteiger partial charge in [0.2, 0.25) is 5.91 Å². The number of nitrogens with zero attached hydrogens (tertiary/aromatic N) is 1. The maximum atomic E-state index is 13.2. The number of nitrogens with one attached hydrogen (secondary N) is 1. The summed E-state index contributed by atoms with van der Waals surface area (Å²) >= 11 is 0. The van der Waals surface area contributed by atoms with E-state index < -0.39 is 0 Å². The Kier molecular flexibility index (Phi) is 3.78. The number of aromatic nitrogens is 1. The SMILES string of the molecule is C=C1CCCN(C(=O)Cc2c[nH]c3cc(F)ccc23)CC1. The van der Waals surface area contributed by atoms with Crippen LogP contribution in [0.5, 0.6) is 0 Å². The lowest BCUT2D eigenvalue weighted by molar-refractivity contribution is -0.130. The van der Waals surface area contributed by atoms with Crippen LogP contribution >= 0.6 is 0 Å². The molecule has 1 fully saturated rings. The highest BCUT2D eigenvalue weighted by Crippen LogP contribution is 2.21.